The van der Waals surface area contributed by atoms with Crippen LogP contribution in [0.1, 0.15) is 32.1 Å². The lowest BCUT2D eigenvalue weighted by Crippen LogP contribution is -2.58. The zero-order valence-corrected chi connectivity index (χ0v) is 19.4. The Labute approximate surface area is 188 Å². The van der Waals surface area contributed by atoms with Gasteiger partial charge >= 0.3 is 0 Å². The van der Waals surface area contributed by atoms with E-state index in [1.54, 1.807) is 24.3 Å². The van der Waals surface area contributed by atoms with Gasteiger partial charge in [0.1, 0.15) is 0 Å². The number of hydrogen-bond donors (Lipinski definition) is 0. The molecule has 30 heavy (non-hydrogen) atoms. The van der Waals surface area contributed by atoms with E-state index >= 15 is 0 Å². The predicted octanol–water partition coefficient (Wildman–Crippen LogP) is 4.78. The van der Waals surface area contributed by atoms with Crippen LogP contribution < -0.4 is 0 Å². The van der Waals surface area contributed by atoms with E-state index in [1.807, 2.05) is 6.07 Å². The monoisotopic (exact) mass is 487 g/mol. The smallest absolute Gasteiger partial charge is 0.228 e. The number of nitrogens with zero attached hydrogens (tertiary/aromatic N) is 1. The van der Waals surface area contributed by atoms with Gasteiger partial charge in [0.25, 0.3) is 0 Å². The van der Waals surface area contributed by atoms with Gasteiger partial charge in [-0.2, -0.15) is 4.31 Å². The lowest BCUT2D eigenvalue weighted by atomic mass is 10.0. The van der Waals surface area contributed by atoms with E-state index in [1.165, 1.54) is 16.4 Å². The summed E-state index contributed by atoms with van der Waals surface area (Å²) in [5, 5.41) is -0.0239. The zero-order valence-electron chi connectivity index (χ0n) is 16.3. The van der Waals surface area contributed by atoms with Crippen LogP contribution in [-0.2, 0) is 19.9 Å². The normalized spacial score (nSPS) is 19.5. The molecule has 0 spiro atoms. The minimum Gasteiger partial charge on any atom is -0.228 e. The van der Waals surface area contributed by atoms with Gasteiger partial charge in [0.15, 0.2) is 9.84 Å². The Balaban J connectivity index is 1.46. The molecule has 1 aliphatic carbocycles. The molecule has 162 valence electrons. The minimum atomic E-state index is -3.72. The second-order valence-corrected chi connectivity index (χ2v) is 13.2. The molecule has 1 heterocycles. The van der Waals surface area contributed by atoms with Gasteiger partial charge in [0.05, 0.1) is 25.4 Å². The van der Waals surface area contributed by atoms with Gasteiger partial charge in [0.2, 0.25) is 10.0 Å². The quantitative estimate of drug-likeness (QED) is 0.607. The molecule has 2 aromatic rings. The van der Waals surface area contributed by atoms with Crippen molar-refractivity contribution < 1.29 is 16.8 Å². The van der Waals surface area contributed by atoms with Crippen LogP contribution in [-0.4, -0.2) is 44.7 Å². The first-order valence-corrected chi connectivity index (χ1v) is 13.8. The van der Waals surface area contributed by atoms with Crippen molar-refractivity contribution in [2.45, 2.75) is 47.5 Å². The average Bonchev–Trinajstić information content (AvgIpc) is 2.69. The molecule has 1 saturated heterocycles. The Morgan fingerprint density at radius 1 is 0.733 bits per heavy atom. The molecule has 2 fully saturated rings. The van der Waals surface area contributed by atoms with E-state index in [9.17, 15) is 16.8 Å². The van der Waals surface area contributed by atoms with Crippen molar-refractivity contribution in [3.05, 3.63) is 52.5 Å². The number of hydrogen-bond acceptors (Lipinski definition) is 4. The summed E-state index contributed by atoms with van der Waals surface area (Å²) in [6, 6.07) is 11.7. The molecule has 2 aromatic carbocycles. The second-order valence-electron chi connectivity index (χ2n) is 7.95. The third-order valence-electron chi connectivity index (χ3n) is 6.04. The maximum Gasteiger partial charge on any atom is 0.243 e. The highest BCUT2D eigenvalue weighted by Gasteiger charge is 2.46. The van der Waals surface area contributed by atoms with Crippen LogP contribution in [0.2, 0.25) is 10.0 Å². The summed E-state index contributed by atoms with van der Waals surface area (Å²) in [5.41, 5.74) is 1.64. The molecule has 2 aliphatic rings. The molecule has 0 N–H and O–H groups in total. The number of sulfonamides is 1. The molecule has 0 atom stereocenters. The average molecular weight is 488 g/mol. The Morgan fingerprint density at radius 2 is 1.33 bits per heavy atom. The van der Waals surface area contributed by atoms with Crippen LogP contribution in [0, 0.1) is 0 Å². The first kappa shape index (κ1) is 22.1. The first-order valence-electron chi connectivity index (χ1n) is 9.98. The Bertz CT molecular complexity index is 1140. The van der Waals surface area contributed by atoms with Crippen LogP contribution in [0.5, 0.6) is 0 Å². The number of halogens is 2. The van der Waals surface area contributed by atoms with Crippen molar-refractivity contribution >= 4 is 43.1 Å². The van der Waals surface area contributed by atoms with Crippen molar-refractivity contribution in [1.29, 1.82) is 0 Å². The third kappa shape index (κ3) is 4.15. The SMILES string of the molecule is O=S(=O)(C1CCCCC1)C1CN(S(=O)(=O)c2ccc(-c3ccc(Cl)c(Cl)c3)cc2)C1. The largest absolute Gasteiger partial charge is 0.243 e. The molecule has 1 aliphatic heterocycles. The zero-order chi connectivity index (χ0) is 21.5. The Hall–Kier alpha value is -1.12. The fourth-order valence-corrected chi connectivity index (χ4v) is 8.44. The van der Waals surface area contributed by atoms with Crippen molar-refractivity contribution in [3.63, 3.8) is 0 Å². The Kier molecular flexibility index (Phi) is 6.21. The fraction of sp³-hybridized carbons (Fsp3) is 0.429. The van der Waals surface area contributed by atoms with E-state index in [4.69, 9.17) is 23.2 Å². The molecule has 0 bridgehead atoms. The molecule has 1 saturated carbocycles. The summed E-state index contributed by atoms with van der Waals surface area (Å²) in [5.74, 6) is 0. The molecule has 9 heteroatoms. The highest BCUT2D eigenvalue weighted by Crippen LogP contribution is 2.33. The van der Waals surface area contributed by atoms with Crippen molar-refractivity contribution in [3.8, 4) is 11.1 Å². The maximum absolute atomic E-state index is 12.9. The molecular formula is C21H23Cl2NO4S2. The van der Waals surface area contributed by atoms with E-state index in [0.717, 1.165) is 30.4 Å². The van der Waals surface area contributed by atoms with Gasteiger partial charge in [-0.25, -0.2) is 16.8 Å². The van der Waals surface area contributed by atoms with Crippen molar-refractivity contribution in [2.75, 3.05) is 13.1 Å². The summed E-state index contributed by atoms with van der Waals surface area (Å²) >= 11 is 12.0. The lowest BCUT2D eigenvalue weighted by molar-refractivity contribution is 0.306. The van der Waals surface area contributed by atoms with Gasteiger partial charge < -0.3 is 0 Å². The van der Waals surface area contributed by atoms with E-state index in [2.05, 4.69) is 0 Å². The number of benzene rings is 2. The number of rotatable bonds is 5. The van der Waals surface area contributed by atoms with Gasteiger partial charge in [-0.1, -0.05) is 60.7 Å². The predicted molar refractivity (Wildman–Crippen MR) is 120 cm³/mol. The fourth-order valence-electron chi connectivity index (χ4n) is 4.11. The van der Waals surface area contributed by atoms with E-state index < -0.39 is 25.1 Å². The molecule has 0 unspecified atom stereocenters. The van der Waals surface area contributed by atoms with E-state index in [0.29, 0.717) is 22.9 Å². The molecule has 4 rings (SSSR count). The molecule has 0 aromatic heterocycles. The summed E-state index contributed by atoms with van der Waals surface area (Å²) < 4.78 is 52.6. The summed E-state index contributed by atoms with van der Waals surface area (Å²) in [6.45, 7) is 0.0748. The summed E-state index contributed by atoms with van der Waals surface area (Å²) in [4.78, 5) is 0.153. The Morgan fingerprint density at radius 3 is 1.93 bits per heavy atom. The second kappa shape index (κ2) is 8.43. The standard InChI is InChI=1S/C21H23Cl2NO4S2/c22-20-11-8-16(12-21(20)23)15-6-9-18(10-7-15)30(27,28)24-13-19(14-24)29(25,26)17-4-2-1-3-5-17/h6-12,17,19H,1-5,13-14H2. The van der Waals surface area contributed by atoms with Crippen LogP contribution in [0.4, 0.5) is 0 Å². The van der Waals surface area contributed by atoms with Crippen molar-refractivity contribution in [1.82, 2.24) is 4.31 Å². The van der Waals surface area contributed by atoms with Gasteiger partial charge in [-0.15, -0.1) is 0 Å². The van der Waals surface area contributed by atoms with Crippen LogP contribution >= 0.6 is 23.2 Å². The van der Waals surface area contributed by atoms with Crippen LogP contribution in [0.25, 0.3) is 11.1 Å². The van der Waals surface area contributed by atoms with E-state index in [-0.39, 0.29) is 23.2 Å². The molecule has 0 amide bonds. The van der Waals surface area contributed by atoms with Gasteiger partial charge in [-0.05, 0) is 48.2 Å². The highest BCUT2D eigenvalue weighted by atomic mass is 35.5. The third-order valence-corrected chi connectivity index (χ3v) is 11.3. The van der Waals surface area contributed by atoms with Gasteiger partial charge in [-0.3, -0.25) is 0 Å². The summed E-state index contributed by atoms with van der Waals surface area (Å²) in [6.07, 6.45) is 4.34. The topological polar surface area (TPSA) is 71.5 Å². The van der Waals surface area contributed by atoms with Gasteiger partial charge in [0, 0.05) is 13.1 Å². The molecule has 5 nitrogen and oxygen atoms in total. The first-order chi connectivity index (χ1) is 14.2. The summed E-state index contributed by atoms with van der Waals surface area (Å²) in [7, 11) is -7.00. The molecule has 0 radical (unpaired) electrons. The highest BCUT2D eigenvalue weighted by molar-refractivity contribution is 7.93. The molecular weight excluding hydrogens is 465 g/mol. The minimum absolute atomic E-state index is 0.0374. The number of sulfone groups is 1. The van der Waals surface area contributed by atoms with Crippen molar-refractivity contribution in [2.24, 2.45) is 0 Å². The maximum atomic E-state index is 12.9. The van der Waals surface area contributed by atoms with Crippen LogP contribution in [0.3, 0.4) is 0 Å². The lowest BCUT2D eigenvalue weighted by Gasteiger charge is -2.39. The van der Waals surface area contributed by atoms with Crippen LogP contribution in [0.15, 0.2) is 47.4 Å².